The number of hydrogen-bond donors (Lipinski definition) is 0. The maximum absolute atomic E-state index is 12.7. The van der Waals surface area contributed by atoms with E-state index in [-0.39, 0.29) is 23.6 Å². The lowest BCUT2D eigenvalue weighted by Gasteiger charge is -2.47. The highest BCUT2D eigenvalue weighted by molar-refractivity contribution is 5.84. The number of rotatable bonds is 1. The van der Waals surface area contributed by atoms with E-state index in [0.717, 1.165) is 32.1 Å². The Balaban J connectivity index is 1.64. The van der Waals surface area contributed by atoms with Crippen LogP contribution in [-0.4, -0.2) is 17.4 Å². The van der Waals surface area contributed by atoms with E-state index in [9.17, 15) is 9.59 Å². The lowest BCUT2D eigenvalue weighted by Crippen LogP contribution is -2.50. The van der Waals surface area contributed by atoms with E-state index in [0.29, 0.717) is 17.8 Å². The minimum absolute atomic E-state index is 0.0438. The molecule has 1 saturated heterocycles. The molecule has 0 unspecified atom stereocenters. The number of ether oxygens (including phenoxy) is 1. The summed E-state index contributed by atoms with van der Waals surface area (Å²) in [5, 5.41) is 0. The van der Waals surface area contributed by atoms with Crippen molar-refractivity contribution in [2.24, 2.45) is 23.7 Å². The lowest BCUT2D eigenvalue weighted by molar-refractivity contribution is -0.158. The van der Waals surface area contributed by atoms with Crippen LogP contribution >= 0.6 is 0 Å². The lowest BCUT2D eigenvalue weighted by atomic mass is 9.55. The molecule has 0 amide bonds. The van der Waals surface area contributed by atoms with Gasteiger partial charge in [-0.2, -0.15) is 0 Å². The molecule has 0 radical (unpaired) electrons. The molecule has 0 aromatic heterocycles. The van der Waals surface area contributed by atoms with Gasteiger partial charge in [0.1, 0.15) is 11.4 Å². The average Bonchev–Trinajstić information content (AvgIpc) is 3.06. The van der Waals surface area contributed by atoms with Gasteiger partial charge in [-0.15, -0.1) is 0 Å². The molecule has 3 heteroatoms. The van der Waals surface area contributed by atoms with Gasteiger partial charge >= 0.3 is 5.97 Å². The first-order chi connectivity index (χ1) is 11.1. The van der Waals surface area contributed by atoms with Crippen molar-refractivity contribution in [1.29, 1.82) is 0 Å². The van der Waals surface area contributed by atoms with Crippen LogP contribution in [0.25, 0.3) is 0 Å². The Kier molecular flexibility index (Phi) is 2.67. The van der Waals surface area contributed by atoms with Crippen molar-refractivity contribution in [1.82, 2.24) is 0 Å². The molecule has 1 aromatic carbocycles. The maximum Gasteiger partial charge on any atom is 0.310 e. The Hall–Kier alpha value is -1.64. The van der Waals surface area contributed by atoms with Gasteiger partial charge in [-0.3, -0.25) is 9.59 Å². The summed E-state index contributed by atoms with van der Waals surface area (Å²) in [5.41, 5.74) is 2.30. The number of fused-ring (bicyclic) bond motifs is 6. The van der Waals surface area contributed by atoms with Crippen molar-refractivity contribution in [2.75, 3.05) is 0 Å². The van der Waals surface area contributed by atoms with Crippen molar-refractivity contribution in [3.05, 3.63) is 35.4 Å². The van der Waals surface area contributed by atoms with Crippen LogP contribution < -0.4 is 0 Å². The first-order valence-corrected chi connectivity index (χ1v) is 8.93. The van der Waals surface area contributed by atoms with Gasteiger partial charge in [-0.05, 0) is 49.7 Å². The van der Waals surface area contributed by atoms with Crippen LogP contribution in [0.15, 0.2) is 24.3 Å². The largest absolute Gasteiger partial charge is 0.458 e. The normalized spacial score (nSPS) is 43.3. The van der Waals surface area contributed by atoms with E-state index in [4.69, 9.17) is 4.74 Å². The quantitative estimate of drug-likeness (QED) is 0.748. The summed E-state index contributed by atoms with van der Waals surface area (Å²) in [6.45, 7) is 1.67. The van der Waals surface area contributed by atoms with Crippen LogP contribution in [-0.2, 0) is 20.7 Å². The Morgan fingerprint density at radius 3 is 2.87 bits per heavy atom. The molecule has 1 spiro atoms. The molecule has 4 aliphatic rings. The summed E-state index contributed by atoms with van der Waals surface area (Å²) >= 11 is 0. The van der Waals surface area contributed by atoms with Crippen molar-refractivity contribution >= 4 is 11.8 Å². The summed E-state index contributed by atoms with van der Waals surface area (Å²) in [4.78, 5) is 24.8. The molecule has 2 bridgehead atoms. The van der Waals surface area contributed by atoms with Crippen LogP contribution in [0, 0.1) is 23.7 Å². The molecule has 120 valence electrons. The van der Waals surface area contributed by atoms with E-state index in [1.165, 1.54) is 11.1 Å². The van der Waals surface area contributed by atoms with Crippen molar-refractivity contribution in [3.8, 4) is 0 Å². The molecule has 1 aromatic rings. The van der Waals surface area contributed by atoms with Gasteiger partial charge in [-0.25, -0.2) is 0 Å². The van der Waals surface area contributed by atoms with Gasteiger partial charge < -0.3 is 4.74 Å². The predicted molar refractivity (Wildman–Crippen MR) is 84.8 cm³/mol. The highest BCUT2D eigenvalue weighted by Gasteiger charge is 2.68. The number of ketones is 1. The van der Waals surface area contributed by atoms with Crippen LogP contribution in [0.4, 0.5) is 0 Å². The molecule has 0 N–H and O–H groups in total. The van der Waals surface area contributed by atoms with E-state index >= 15 is 0 Å². The number of carbonyl (C=O) groups is 2. The van der Waals surface area contributed by atoms with Crippen molar-refractivity contribution < 1.29 is 14.3 Å². The van der Waals surface area contributed by atoms with Gasteiger partial charge in [0.25, 0.3) is 0 Å². The molecule has 3 fully saturated rings. The van der Waals surface area contributed by atoms with Crippen molar-refractivity contribution in [2.45, 2.75) is 50.5 Å². The summed E-state index contributed by atoms with van der Waals surface area (Å²) < 4.78 is 6.02. The third kappa shape index (κ3) is 1.61. The van der Waals surface area contributed by atoms with Gasteiger partial charge in [-0.1, -0.05) is 24.3 Å². The average molecular weight is 310 g/mol. The van der Waals surface area contributed by atoms with Gasteiger partial charge in [0.15, 0.2) is 0 Å². The molecule has 23 heavy (non-hydrogen) atoms. The number of aryl methyl sites for hydroxylation is 1. The minimum Gasteiger partial charge on any atom is -0.458 e. The fourth-order valence-corrected chi connectivity index (χ4v) is 6.45. The Bertz CT molecular complexity index is 709. The zero-order chi connectivity index (χ0) is 15.8. The first-order valence-electron chi connectivity index (χ1n) is 8.93. The monoisotopic (exact) mass is 310 g/mol. The second kappa shape index (κ2) is 4.46. The maximum atomic E-state index is 12.7. The summed E-state index contributed by atoms with van der Waals surface area (Å²) in [5.74, 6) is 1.22. The van der Waals surface area contributed by atoms with E-state index in [1.54, 1.807) is 6.92 Å². The third-order valence-corrected chi connectivity index (χ3v) is 7.18. The Morgan fingerprint density at radius 2 is 2.04 bits per heavy atom. The van der Waals surface area contributed by atoms with E-state index in [2.05, 4.69) is 24.3 Å². The molecule has 1 heterocycles. The summed E-state index contributed by atoms with van der Waals surface area (Å²) in [6.07, 6.45) is 4.91. The van der Waals surface area contributed by atoms with Gasteiger partial charge in [0.05, 0.1) is 11.8 Å². The van der Waals surface area contributed by atoms with E-state index < -0.39 is 5.60 Å². The SMILES string of the molecule is CC(=O)[C@@H]1CC[C@H]2[C@@H]3CCc4ccccc4[C@H]3[C@H]3C[C@]12OC3=O. The molecule has 1 aliphatic heterocycles. The Morgan fingerprint density at radius 1 is 1.22 bits per heavy atom. The molecule has 5 rings (SSSR count). The zero-order valence-corrected chi connectivity index (χ0v) is 13.5. The summed E-state index contributed by atoms with van der Waals surface area (Å²) in [6, 6.07) is 8.61. The number of Topliss-reactive ketones (excluding diaryl/α,β-unsaturated/α-hetero) is 1. The smallest absolute Gasteiger partial charge is 0.310 e. The predicted octanol–water partition coefficient (Wildman–Crippen LogP) is 3.26. The van der Waals surface area contributed by atoms with Crippen LogP contribution in [0.3, 0.4) is 0 Å². The molecular formula is C20H22O3. The topological polar surface area (TPSA) is 43.4 Å². The number of carbonyl (C=O) groups excluding carboxylic acids is 2. The second-order valence-electron chi connectivity index (χ2n) is 7.96. The number of benzene rings is 1. The molecular weight excluding hydrogens is 288 g/mol. The molecule has 6 atom stereocenters. The number of esters is 1. The standard InChI is InChI=1S/C20H22O3/c1-11(21)16-8-9-17-14-7-6-12-4-2-3-5-13(12)18(14)15-10-20(16,17)23-19(15)22/h2-5,14-18H,6-10H2,1H3/t14-,15+,16-,17-,18+,20-/m0/s1. The van der Waals surface area contributed by atoms with Gasteiger partial charge in [0.2, 0.25) is 0 Å². The van der Waals surface area contributed by atoms with Gasteiger partial charge in [0, 0.05) is 18.3 Å². The van der Waals surface area contributed by atoms with Crippen LogP contribution in [0.5, 0.6) is 0 Å². The number of hydrogen-bond acceptors (Lipinski definition) is 3. The third-order valence-electron chi connectivity index (χ3n) is 7.18. The van der Waals surface area contributed by atoms with E-state index in [1.807, 2.05) is 0 Å². The second-order valence-corrected chi connectivity index (χ2v) is 7.96. The highest BCUT2D eigenvalue weighted by atomic mass is 16.6. The minimum atomic E-state index is -0.471. The fourth-order valence-electron chi connectivity index (χ4n) is 6.45. The summed E-state index contributed by atoms with van der Waals surface area (Å²) in [7, 11) is 0. The molecule has 3 nitrogen and oxygen atoms in total. The first kappa shape index (κ1) is 13.8. The fraction of sp³-hybridized carbons (Fsp3) is 0.600. The zero-order valence-electron chi connectivity index (χ0n) is 13.5. The Labute approximate surface area is 136 Å². The molecule has 2 saturated carbocycles. The van der Waals surface area contributed by atoms with Crippen LogP contribution in [0.2, 0.25) is 0 Å². The van der Waals surface area contributed by atoms with Crippen molar-refractivity contribution in [3.63, 3.8) is 0 Å². The molecule has 3 aliphatic carbocycles. The highest BCUT2D eigenvalue weighted by Crippen LogP contribution is 2.65. The van der Waals surface area contributed by atoms with Crippen LogP contribution in [0.1, 0.15) is 49.7 Å².